The smallest absolute Gasteiger partial charge is 0.243 e. The Hall–Kier alpha value is -2.70. The van der Waals surface area contributed by atoms with Crippen molar-refractivity contribution in [3.05, 3.63) is 76.8 Å². The van der Waals surface area contributed by atoms with E-state index < -0.39 is 18.0 Å². The van der Waals surface area contributed by atoms with Gasteiger partial charge in [0.25, 0.3) is 0 Å². The van der Waals surface area contributed by atoms with E-state index >= 15 is 0 Å². The van der Waals surface area contributed by atoms with E-state index in [0.29, 0.717) is 27.5 Å². The van der Waals surface area contributed by atoms with Gasteiger partial charge in [0.05, 0.1) is 0 Å². The van der Waals surface area contributed by atoms with Crippen LogP contribution in [0.25, 0.3) is 11.4 Å². The molecule has 2 unspecified atom stereocenters. The minimum Gasteiger partial charge on any atom is -0.384 e. The second-order valence-corrected chi connectivity index (χ2v) is 11.0. The lowest BCUT2D eigenvalue weighted by molar-refractivity contribution is -0.127. The Morgan fingerprint density at radius 1 is 1.00 bits per heavy atom. The highest BCUT2D eigenvalue weighted by Crippen LogP contribution is 2.38. The zero-order valence-electron chi connectivity index (χ0n) is 21.1. The zero-order chi connectivity index (χ0) is 25.8. The number of amides is 1. The first-order valence-electron chi connectivity index (χ1n) is 13.6. The summed E-state index contributed by atoms with van der Waals surface area (Å²) in [6, 6.07) is 11.1. The molecule has 3 aromatic rings. The van der Waals surface area contributed by atoms with E-state index in [1.807, 2.05) is 10.8 Å². The molecule has 2 aromatic carbocycles. The summed E-state index contributed by atoms with van der Waals surface area (Å²) in [5.74, 6) is 0.284. The molecule has 0 radical (unpaired) electrons. The van der Waals surface area contributed by atoms with Gasteiger partial charge in [-0.25, -0.2) is 9.37 Å². The van der Waals surface area contributed by atoms with E-state index in [1.54, 1.807) is 36.5 Å². The van der Waals surface area contributed by atoms with Crippen molar-refractivity contribution in [3.8, 4) is 11.4 Å². The molecular weight excluding hydrogens is 489 g/mol. The minimum atomic E-state index is -0.998. The monoisotopic (exact) mass is 523 g/mol. The summed E-state index contributed by atoms with van der Waals surface area (Å²) in [7, 11) is 0. The molecule has 2 aliphatic rings. The highest BCUT2D eigenvalue weighted by atomic mass is 35.5. The van der Waals surface area contributed by atoms with E-state index in [1.165, 1.54) is 25.0 Å². The van der Waals surface area contributed by atoms with Gasteiger partial charge in [-0.1, -0.05) is 68.3 Å². The Morgan fingerprint density at radius 2 is 1.68 bits per heavy atom. The van der Waals surface area contributed by atoms with Gasteiger partial charge >= 0.3 is 0 Å². The molecule has 2 atom stereocenters. The molecule has 0 saturated heterocycles. The molecule has 2 fully saturated rings. The molecule has 7 heteroatoms. The molecule has 5 nitrogen and oxygen atoms in total. The first-order chi connectivity index (χ1) is 18.0. The minimum absolute atomic E-state index is 0.0225. The van der Waals surface area contributed by atoms with Gasteiger partial charge in [-0.05, 0) is 67.0 Å². The van der Waals surface area contributed by atoms with Crippen LogP contribution in [0.5, 0.6) is 0 Å². The van der Waals surface area contributed by atoms with Crippen molar-refractivity contribution in [2.45, 2.75) is 82.4 Å². The summed E-state index contributed by atoms with van der Waals surface area (Å²) >= 11 is 6.04. The first kappa shape index (κ1) is 25.9. The number of benzene rings is 2. The maximum absolute atomic E-state index is 14.6. The maximum Gasteiger partial charge on any atom is 0.243 e. The Morgan fingerprint density at radius 3 is 2.38 bits per heavy atom. The van der Waals surface area contributed by atoms with Gasteiger partial charge in [-0.15, -0.1) is 0 Å². The lowest BCUT2D eigenvalue weighted by Gasteiger charge is -2.33. The van der Waals surface area contributed by atoms with Gasteiger partial charge in [0.15, 0.2) is 0 Å². The number of carbonyl (C=O) groups is 1. The van der Waals surface area contributed by atoms with Crippen molar-refractivity contribution in [2.75, 3.05) is 0 Å². The van der Waals surface area contributed by atoms with Crippen molar-refractivity contribution < 1.29 is 14.3 Å². The molecule has 5 rings (SSSR count). The number of nitrogens with zero attached hydrogens (tertiary/aromatic N) is 2. The van der Waals surface area contributed by atoms with Gasteiger partial charge in [0.2, 0.25) is 5.91 Å². The Bertz CT molecular complexity index is 1200. The van der Waals surface area contributed by atoms with Crippen LogP contribution in [0.3, 0.4) is 0 Å². The fourth-order valence-corrected chi connectivity index (χ4v) is 6.21. The number of halogens is 2. The number of rotatable bonds is 7. The summed E-state index contributed by atoms with van der Waals surface area (Å²) in [6.07, 6.45) is 13.4. The molecule has 1 heterocycles. The van der Waals surface area contributed by atoms with Crippen LogP contribution < -0.4 is 5.32 Å². The fraction of sp³-hybridized carbons (Fsp3) is 0.467. The standard InChI is InChI=1S/C30H35ClFN3O2/c31-22-13-11-21(12-14-22)28(36)25-16-15-23(32)19-26(25)29-33-17-18-35(29)27(20-7-3-1-4-8-20)30(37)34-24-9-5-2-6-10-24/h11-20,24,27-28,36H,1-10H2,(H,34,37). The first-order valence-corrected chi connectivity index (χ1v) is 14.0. The Balaban J connectivity index is 1.53. The van der Waals surface area contributed by atoms with Gasteiger partial charge in [0, 0.05) is 29.0 Å². The molecule has 2 saturated carbocycles. The van der Waals surface area contributed by atoms with Gasteiger partial charge in [0.1, 0.15) is 23.8 Å². The van der Waals surface area contributed by atoms with Crippen molar-refractivity contribution >= 4 is 17.5 Å². The number of aromatic nitrogens is 2. The van der Waals surface area contributed by atoms with Gasteiger partial charge in [-0.3, -0.25) is 4.79 Å². The van der Waals surface area contributed by atoms with Crippen molar-refractivity contribution in [2.24, 2.45) is 5.92 Å². The van der Waals surface area contributed by atoms with Gasteiger partial charge < -0.3 is 15.0 Å². The number of aliphatic hydroxyl groups is 1. The highest BCUT2D eigenvalue weighted by molar-refractivity contribution is 6.30. The summed E-state index contributed by atoms with van der Waals surface area (Å²) in [6.45, 7) is 0. The maximum atomic E-state index is 14.6. The molecule has 37 heavy (non-hydrogen) atoms. The normalized spacial score (nSPS) is 18.9. The topological polar surface area (TPSA) is 67.2 Å². The number of hydrogen-bond donors (Lipinski definition) is 2. The van der Waals surface area contributed by atoms with E-state index in [2.05, 4.69) is 10.3 Å². The van der Waals surface area contributed by atoms with E-state index in [0.717, 1.165) is 51.4 Å². The molecular formula is C30H35ClFN3O2. The van der Waals surface area contributed by atoms with E-state index in [4.69, 9.17) is 11.6 Å². The molecule has 1 aromatic heterocycles. The number of imidazole rings is 1. The largest absolute Gasteiger partial charge is 0.384 e. The molecule has 0 aliphatic heterocycles. The molecule has 0 spiro atoms. The predicted octanol–water partition coefficient (Wildman–Crippen LogP) is 6.99. The van der Waals surface area contributed by atoms with Crippen molar-refractivity contribution in [3.63, 3.8) is 0 Å². The second-order valence-electron chi connectivity index (χ2n) is 10.5. The van der Waals surface area contributed by atoms with Crippen LogP contribution in [-0.2, 0) is 4.79 Å². The van der Waals surface area contributed by atoms with Crippen LogP contribution in [0.4, 0.5) is 4.39 Å². The zero-order valence-corrected chi connectivity index (χ0v) is 21.8. The average molecular weight is 524 g/mol. The van der Waals surface area contributed by atoms with Crippen LogP contribution in [-0.4, -0.2) is 26.6 Å². The SMILES string of the molecule is O=C(NC1CCCCC1)C(C1CCCCC1)n1ccnc1-c1cc(F)ccc1C(O)c1ccc(Cl)cc1. The lowest BCUT2D eigenvalue weighted by atomic mass is 9.82. The van der Waals surface area contributed by atoms with E-state index in [9.17, 15) is 14.3 Å². The number of nitrogens with one attached hydrogen (secondary N) is 1. The average Bonchev–Trinajstić information content (AvgIpc) is 3.39. The number of hydrogen-bond acceptors (Lipinski definition) is 3. The summed E-state index contributed by atoms with van der Waals surface area (Å²) < 4.78 is 16.5. The molecule has 196 valence electrons. The van der Waals surface area contributed by atoms with Gasteiger partial charge in [-0.2, -0.15) is 0 Å². The van der Waals surface area contributed by atoms with Crippen molar-refractivity contribution in [1.29, 1.82) is 0 Å². The summed E-state index contributed by atoms with van der Waals surface area (Å²) in [4.78, 5) is 18.4. The molecule has 0 bridgehead atoms. The van der Waals surface area contributed by atoms with Crippen LogP contribution in [0.2, 0.25) is 5.02 Å². The lowest BCUT2D eigenvalue weighted by Crippen LogP contribution is -2.43. The Kier molecular flexibility index (Phi) is 8.26. The fourth-order valence-electron chi connectivity index (χ4n) is 6.08. The number of aliphatic hydroxyl groups excluding tert-OH is 1. The highest BCUT2D eigenvalue weighted by Gasteiger charge is 2.34. The summed E-state index contributed by atoms with van der Waals surface area (Å²) in [5.41, 5.74) is 1.67. The quantitative estimate of drug-likeness (QED) is 0.350. The van der Waals surface area contributed by atoms with Crippen molar-refractivity contribution in [1.82, 2.24) is 14.9 Å². The third kappa shape index (κ3) is 5.91. The predicted molar refractivity (Wildman–Crippen MR) is 144 cm³/mol. The van der Waals surface area contributed by atoms with Crippen LogP contribution in [0.1, 0.15) is 87.5 Å². The molecule has 2 N–H and O–H groups in total. The molecule has 2 aliphatic carbocycles. The third-order valence-corrected chi connectivity index (χ3v) is 8.27. The van der Waals surface area contributed by atoms with Crippen LogP contribution >= 0.6 is 11.6 Å². The van der Waals surface area contributed by atoms with E-state index in [-0.39, 0.29) is 17.9 Å². The number of carbonyl (C=O) groups excluding carboxylic acids is 1. The third-order valence-electron chi connectivity index (χ3n) is 8.02. The van der Waals surface area contributed by atoms with Crippen LogP contribution in [0.15, 0.2) is 54.9 Å². The Labute approximate surface area is 223 Å². The second kappa shape index (κ2) is 11.8. The summed E-state index contributed by atoms with van der Waals surface area (Å²) in [5, 5.41) is 15.2. The molecule has 1 amide bonds. The van der Waals surface area contributed by atoms with Crippen LogP contribution in [0, 0.1) is 11.7 Å².